The first-order valence-electron chi connectivity index (χ1n) is 7.35. The number of hydrogen-bond donors (Lipinski definition) is 1. The average Bonchev–Trinajstić information content (AvgIpc) is 2.44. The number of carboxylic acids is 1. The fourth-order valence-electron chi connectivity index (χ4n) is 2.17. The molecule has 0 spiro atoms. The number of piperidine rings is 1. The van der Waals surface area contributed by atoms with Crippen molar-refractivity contribution in [3.05, 3.63) is 0 Å². The molecule has 2 amide bonds. The third kappa shape index (κ3) is 6.77. The van der Waals surface area contributed by atoms with Crippen LogP contribution in [0.15, 0.2) is 0 Å². The molecule has 0 aromatic heterocycles. The molecule has 1 saturated heterocycles. The van der Waals surface area contributed by atoms with E-state index in [1.807, 2.05) is 13.8 Å². The lowest BCUT2D eigenvalue weighted by atomic mass is 10.1. The predicted molar refractivity (Wildman–Crippen MR) is 77.3 cm³/mol. The monoisotopic (exact) mass is 302 g/mol. The molecule has 0 radical (unpaired) electrons. The van der Waals surface area contributed by atoms with Gasteiger partial charge in [-0.3, -0.25) is 0 Å². The van der Waals surface area contributed by atoms with E-state index >= 15 is 0 Å². The van der Waals surface area contributed by atoms with Crippen LogP contribution in [-0.4, -0.2) is 79.0 Å². The highest BCUT2D eigenvalue weighted by Crippen LogP contribution is 2.15. The molecule has 0 saturated carbocycles. The van der Waals surface area contributed by atoms with Crippen LogP contribution in [0.5, 0.6) is 0 Å². The smallest absolute Gasteiger partial charge is 0.329 e. The van der Waals surface area contributed by atoms with Crippen LogP contribution in [0.2, 0.25) is 0 Å². The Balaban J connectivity index is 2.26. The number of carboxylic acid groups (broad SMARTS) is 1. The fourth-order valence-corrected chi connectivity index (χ4v) is 2.17. The van der Waals surface area contributed by atoms with Gasteiger partial charge in [-0.05, 0) is 26.7 Å². The summed E-state index contributed by atoms with van der Waals surface area (Å²) in [5.41, 5.74) is 0. The summed E-state index contributed by atoms with van der Waals surface area (Å²) in [5, 5.41) is 8.57. The third-order valence-corrected chi connectivity index (χ3v) is 3.36. The molecular weight excluding hydrogens is 276 g/mol. The van der Waals surface area contributed by atoms with Gasteiger partial charge >= 0.3 is 12.0 Å². The fraction of sp³-hybridized carbons (Fsp3) is 0.857. The van der Waals surface area contributed by atoms with Crippen molar-refractivity contribution in [1.29, 1.82) is 0 Å². The highest BCUT2D eigenvalue weighted by atomic mass is 16.5. The Hall–Kier alpha value is -1.34. The summed E-state index contributed by atoms with van der Waals surface area (Å²) in [7, 11) is 1.76. The SMILES string of the molecule is CC(C)OCCN(C)C(=O)N1CCC(OCC(=O)O)CC1. The number of hydrogen-bond acceptors (Lipinski definition) is 4. The molecule has 1 N–H and O–H groups in total. The highest BCUT2D eigenvalue weighted by molar-refractivity contribution is 5.74. The summed E-state index contributed by atoms with van der Waals surface area (Å²) >= 11 is 0. The first-order valence-corrected chi connectivity index (χ1v) is 7.35. The van der Waals surface area contributed by atoms with Crippen LogP contribution in [-0.2, 0) is 14.3 Å². The van der Waals surface area contributed by atoms with Gasteiger partial charge in [0.25, 0.3) is 0 Å². The number of urea groups is 1. The summed E-state index contributed by atoms with van der Waals surface area (Å²) < 4.78 is 10.7. The van der Waals surface area contributed by atoms with Gasteiger partial charge in [0.1, 0.15) is 6.61 Å². The Labute approximate surface area is 125 Å². The normalized spacial score (nSPS) is 16.3. The maximum atomic E-state index is 12.2. The maximum Gasteiger partial charge on any atom is 0.329 e. The first-order chi connectivity index (χ1) is 9.90. The van der Waals surface area contributed by atoms with Gasteiger partial charge in [-0.1, -0.05) is 0 Å². The summed E-state index contributed by atoms with van der Waals surface area (Å²) in [6, 6.07) is -0.0148. The van der Waals surface area contributed by atoms with Crippen LogP contribution in [0, 0.1) is 0 Å². The zero-order valence-corrected chi connectivity index (χ0v) is 13.1. The molecule has 1 rings (SSSR count). The lowest BCUT2D eigenvalue weighted by Crippen LogP contribution is -2.47. The Morgan fingerprint density at radius 3 is 2.48 bits per heavy atom. The number of likely N-dealkylation sites (tertiary alicyclic amines) is 1. The molecule has 7 nitrogen and oxygen atoms in total. The van der Waals surface area contributed by atoms with E-state index in [9.17, 15) is 9.59 Å². The molecule has 7 heteroatoms. The topological polar surface area (TPSA) is 79.3 Å². The Morgan fingerprint density at radius 2 is 1.95 bits per heavy atom. The molecule has 0 aromatic rings. The van der Waals surface area contributed by atoms with Crippen molar-refractivity contribution in [2.24, 2.45) is 0 Å². The van der Waals surface area contributed by atoms with Gasteiger partial charge in [0.2, 0.25) is 0 Å². The lowest BCUT2D eigenvalue weighted by molar-refractivity contribution is -0.145. The highest BCUT2D eigenvalue weighted by Gasteiger charge is 2.25. The summed E-state index contributed by atoms with van der Waals surface area (Å²) in [6.07, 6.45) is 1.44. The minimum atomic E-state index is -0.960. The van der Waals surface area contributed by atoms with E-state index in [1.54, 1.807) is 16.8 Å². The van der Waals surface area contributed by atoms with Crippen LogP contribution in [0.1, 0.15) is 26.7 Å². The number of amides is 2. The second kappa shape index (κ2) is 8.84. The van der Waals surface area contributed by atoms with Crippen molar-refractivity contribution in [3.8, 4) is 0 Å². The van der Waals surface area contributed by atoms with Gasteiger partial charge in [0.15, 0.2) is 0 Å². The molecule has 0 atom stereocenters. The summed E-state index contributed by atoms with van der Waals surface area (Å²) in [6.45, 7) is 5.93. The Morgan fingerprint density at radius 1 is 1.33 bits per heavy atom. The van der Waals surface area contributed by atoms with Crippen molar-refractivity contribution in [2.75, 3.05) is 39.9 Å². The van der Waals surface area contributed by atoms with E-state index in [-0.39, 0.29) is 24.8 Å². The van der Waals surface area contributed by atoms with E-state index in [0.717, 1.165) is 0 Å². The van der Waals surface area contributed by atoms with E-state index < -0.39 is 5.97 Å². The van der Waals surface area contributed by atoms with Gasteiger partial charge in [-0.2, -0.15) is 0 Å². The van der Waals surface area contributed by atoms with Gasteiger partial charge in [0, 0.05) is 26.7 Å². The minimum Gasteiger partial charge on any atom is -0.480 e. The van der Waals surface area contributed by atoms with Crippen molar-refractivity contribution >= 4 is 12.0 Å². The van der Waals surface area contributed by atoms with Crippen molar-refractivity contribution < 1.29 is 24.2 Å². The third-order valence-electron chi connectivity index (χ3n) is 3.36. The molecule has 1 fully saturated rings. The average molecular weight is 302 g/mol. The van der Waals surface area contributed by atoms with Crippen molar-refractivity contribution in [3.63, 3.8) is 0 Å². The maximum absolute atomic E-state index is 12.2. The van der Waals surface area contributed by atoms with E-state index in [0.29, 0.717) is 39.1 Å². The second-order valence-electron chi connectivity index (χ2n) is 5.51. The summed E-state index contributed by atoms with van der Waals surface area (Å²) in [5.74, 6) is -0.960. The number of rotatable bonds is 7. The minimum absolute atomic E-state index is 0.0148. The van der Waals surface area contributed by atoms with Gasteiger partial charge in [-0.15, -0.1) is 0 Å². The van der Waals surface area contributed by atoms with Crippen molar-refractivity contribution in [1.82, 2.24) is 9.80 Å². The number of nitrogens with zero attached hydrogens (tertiary/aromatic N) is 2. The van der Waals surface area contributed by atoms with Crippen LogP contribution >= 0.6 is 0 Å². The Bertz CT molecular complexity index is 340. The number of carbonyl (C=O) groups excluding carboxylic acids is 1. The van der Waals surface area contributed by atoms with Crippen LogP contribution < -0.4 is 0 Å². The number of aliphatic carboxylic acids is 1. The Kier molecular flexibility index (Phi) is 7.45. The lowest BCUT2D eigenvalue weighted by Gasteiger charge is -2.34. The number of carbonyl (C=O) groups is 2. The molecule has 122 valence electrons. The van der Waals surface area contributed by atoms with E-state index in [4.69, 9.17) is 14.6 Å². The largest absolute Gasteiger partial charge is 0.480 e. The molecule has 1 aliphatic rings. The van der Waals surface area contributed by atoms with Crippen LogP contribution in [0.25, 0.3) is 0 Å². The molecule has 0 unspecified atom stereocenters. The van der Waals surface area contributed by atoms with Crippen LogP contribution in [0.4, 0.5) is 4.79 Å². The molecule has 0 bridgehead atoms. The number of likely N-dealkylation sites (N-methyl/N-ethyl adjacent to an activating group) is 1. The number of ether oxygens (including phenoxy) is 2. The van der Waals surface area contributed by atoms with Crippen LogP contribution in [0.3, 0.4) is 0 Å². The summed E-state index contributed by atoms with van der Waals surface area (Å²) in [4.78, 5) is 26.1. The quantitative estimate of drug-likeness (QED) is 0.760. The molecule has 1 aliphatic heterocycles. The second-order valence-corrected chi connectivity index (χ2v) is 5.51. The zero-order chi connectivity index (χ0) is 15.8. The van der Waals surface area contributed by atoms with Gasteiger partial charge < -0.3 is 24.4 Å². The predicted octanol–water partition coefficient (Wildman–Crippen LogP) is 1.03. The first kappa shape index (κ1) is 17.7. The molecule has 21 heavy (non-hydrogen) atoms. The zero-order valence-electron chi connectivity index (χ0n) is 13.1. The van der Waals surface area contributed by atoms with E-state index in [2.05, 4.69) is 0 Å². The molecule has 0 aromatic carbocycles. The molecular formula is C14H26N2O5. The molecule has 0 aliphatic carbocycles. The molecule has 1 heterocycles. The van der Waals surface area contributed by atoms with Gasteiger partial charge in [-0.25, -0.2) is 9.59 Å². The van der Waals surface area contributed by atoms with E-state index in [1.165, 1.54) is 0 Å². The standard InChI is InChI=1S/C14H26N2O5/c1-11(2)20-9-8-15(3)14(19)16-6-4-12(5-7-16)21-10-13(17)18/h11-12H,4-10H2,1-3H3,(H,17,18). The van der Waals surface area contributed by atoms with Crippen molar-refractivity contribution in [2.45, 2.75) is 38.9 Å². The van der Waals surface area contributed by atoms with Gasteiger partial charge in [0.05, 0.1) is 18.8 Å².